The van der Waals surface area contributed by atoms with Gasteiger partial charge in [-0.1, -0.05) is 35.9 Å². The van der Waals surface area contributed by atoms with E-state index in [0.29, 0.717) is 6.54 Å². The summed E-state index contributed by atoms with van der Waals surface area (Å²) in [5.74, 6) is 0.610. The van der Waals surface area contributed by atoms with E-state index < -0.39 is 0 Å². The molecule has 19 heavy (non-hydrogen) atoms. The molecule has 100 valence electrons. The zero-order valence-electron chi connectivity index (χ0n) is 10.4. The number of hydrogen-bond acceptors (Lipinski definition) is 2. The Kier molecular flexibility index (Phi) is 5.25. The van der Waals surface area contributed by atoms with E-state index in [-0.39, 0.29) is 11.1 Å². The summed E-state index contributed by atoms with van der Waals surface area (Å²) in [6.07, 6.45) is 0. The molecule has 0 aliphatic carbocycles. The molecule has 0 bridgehead atoms. The second-order valence-corrected chi connectivity index (χ2v) is 5.84. The Morgan fingerprint density at radius 3 is 2.53 bits per heavy atom. The topological polar surface area (TPSA) is 26.0 Å². The van der Waals surface area contributed by atoms with Crippen molar-refractivity contribution in [3.05, 3.63) is 70.5 Å². The zero-order valence-corrected chi connectivity index (χ0v) is 11.9. The summed E-state index contributed by atoms with van der Waals surface area (Å²) in [5, 5.41) is 0.834. The zero-order chi connectivity index (χ0) is 13.7. The van der Waals surface area contributed by atoms with Crippen molar-refractivity contribution >= 4 is 23.4 Å². The lowest BCUT2D eigenvalue weighted by Gasteiger charge is -2.15. The van der Waals surface area contributed by atoms with Crippen LogP contribution in [0.5, 0.6) is 0 Å². The number of rotatable bonds is 5. The first-order valence-electron chi connectivity index (χ1n) is 6.00. The fourth-order valence-electron chi connectivity index (χ4n) is 1.78. The fourth-order valence-corrected chi connectivity index (χ4v) is 2.97. The van der Waals surface area contributed by atoms with Crippen LogP contribution in [-0.2, 0) is 5.75 Å². The van der Waals surface area contributed by atoms with E-state index in [1.807, 2.05) is 30.3 Å². The van der Waals surface area contributed by atoms with Crippen molar-refractivity contribution in [2.24, 2.45) is 5.73 Å². The molecule has 0 spiro atoms. The first-order valence-corrected chi connectivity index (χ1v) is 7.43. The number of hydrogen-bond donors (Lipinski definition) is 1. The highest BCUT2D eigenvalue weighted by molar-refractivity contribution is 7.98. The number of benzene rings is 2. The van der Waals surface area contributed by atoms with Crippen LogP contribution < -0.4 is 5.73 Å². The van der Waals surface area contributed by atoms with Gasteiger partial charge in [-0.15, -0.1) is 11.8 Å². The van der Waals surface area contributed by atoms with Crippen molar-refractivity contribution in [1.82, 2.24) is 0 Å². The van der Waals surface area contributed by atoms with Gasteiger partial charge in [0.2, 0.25) is 0 Å². The van der Waals surface area contributed by atoms with E-state index in [0.717, 1.165) is 16.3 Å². The highest BCUT2D eigenvalue weighted by Gasteiger charge is 2.11. The molecule has 0 amide bonds. The van der Waals surface area contributed by atoms with Crippen molar-refractivity contribution in [3.63, 3.8) is 0 Å². The lowest BCUT2D eigenvalue weighted by molar-refractivity contribution is 0.625. The Morgan fingerprint density at radius 2 is 1.89 bits per heavy atom. The highest BCUT2D eigenvalue weighted by Crippen LogP contribution is 2.31. The van der Waals surface area contributed by atoms with Crippen LogP contribution in [-0.4, -0.2) is 6.54 Å². The van der Waals surface area contributed by atoms with Crippen LogP contribution in [0.25, 0.3) is 0 Å². The second-order valence-electron chi connectivity index (χ2n) is 4.22. The van der Waals surface area contributed by atoms with Gasteiger partial charge in [-0.05, 0) is 35.4 Å². The predicted octanol–water partition coefficient (Wildman–Crippen LogP) is 4.41. The number of halogens is 2. The van der Waals surface area contributed by atoms with Gasteiger partial charge in [-0.2, -0.15) is 0 Å². The molecule has 2 aromatic carbocycles. The maximum absolute atomic E-state index is 13.2. The van der Waals surface area contributed by atoms with Crippen molar-refractivity contribution in [3.8, 4) is 0 Å². The van der Waals surface area contributed by atoms with E-state index in [1.165, 1.54) is 11.6 Å². The average molecular weight is 296 g/mol. The van der Waals surface area contributed by atoms with E-state index in [9.17, 15) is 4.39 Å². The van der Waals surface area contributed by atoms with E-state index >= 15 is 0 Å². The highest BCUT2D eigenvalue weighted by atomic mass is 35.5. The van der Waals surface area contributed by atoms with Crippen LogP contribution in [0.2, 0.25) is 5.02 Å². The molecular formula is C15H15ClFNS. The van der Waals surface area contributed by atoms with Gasteiger partial charge in [0.1, 0.15) is 5.82 Å². The molecule has 1 unspecified atom stereocenters. The molecule has 2 aromatic rings. The normalized spacial score (nSPS) is 12.4. The van der Waals surface area contributed by atoms with Gasteiger partial charge in [-0.3, -0.25) is 0 Å². The van der Waals surface area contributed by atoms with E-state index in [2.05, 4.69) is 0 Å². The van der Waals surface area contributed by atoms with Gasteiger partial charge in [0.05, 0.1) is 0 Å². The minimum atomic E-state index is -0.219. The van der Waals surface area contributed by atoms with Crippen LogP contribution in [0.1, 0.15) is 16.4 Å². The quantitative estimate of drug-likeness (QED) is 0.884. The van der Waals surface area contributed by atoms with Gasteiger partial charge < -0.3 is 5.73 Å². The third kappa shape index (κ3) is 4.23. The summed E-state index contributed by atoms with van der Waals surface area (Å²) in [5.41, 5.74) is 7.90. The van der Waals surface area contributed by atoms with Crippen LogP contribution in [0.15, 0.2) is 48.5 Å². The Balaban J connectivity index is 2.01. The van der Waals surface area contributed by atoms with Gasteiger partial charge in [0.25, 0.3) is 0 Å². The maximum atomic E-state index is 13.2. The number of thioether (sulfide) groups is 1. The monoisotopic (exact) mass is 295 g/mol. The van der Waals surface area contributed by atoms with Crippen molar-refractivity contribution in [1.29, 1.82) is 0 Å². The maximum Gasteiger partial charge on any atom is 0.123 e. The summed E-state index contributed by atoms with van der Waals surface area (Å²) in [6, 6.07) is 14.4. The van der Waals surface area contributed by atoms with Gasteiger partial charge in [-0.25, -0.2) is 4.39 Å². The smallest absolute Gasteiger partial charge is 0.123 e. The van der Waals surface area contributed by atoms with E-state index in [4.69, 9.17) is 17.3 Å². The van der Waals surface area contributed by atoms with Gasteiger partial charge in [0.15, 0.2) is 0 Å². The summed E-state index contributed by atoms with van der Waals surface area (Å²) < 4.78 is 13.2. The molecule has 0 saturated heterocycles. The molecule has 1 nitrogen and oxygen atoms in total. The van der Waals surface area contributed by atoms with Crippen LogP contribution in [0.3, 0.4) is 0 Å². The Bertz CT molecular complexity index is 530. The largest absolute Gasteiger partial charge is 0.329 e. The first kappa shape index (κ1) is 14.4. The molecule has 0 aliphatic heterocycles. The molecule has 0 radical (unpaired) electrons. The summed E-state index contributed by atoms with van der Waals surface area (Å²) in [7, 11) is 0. The minimum Gasteiger partial charge on any atom is -0.329 e. The summed E-state index contributed by atoms with van der Waals surface area (Å²) in [6.45, 7) is 0.488. The van der Waals surface area contributed by atoms with Crippen LogP contribution in [0.4, 0.5) is 4.39 Å². The molecule has 0 heterocycles. The van der Waals surface area contributed by atoms with Gasteiger partial charge in [0, 0.05) is 22.6 Å². The number of nitrogens with two attached hydrogens (primary N) is 1. The first-order chi connectivity index (χ1) is 9.19. The molecule has 0 saturated carbocycles. The fraction of sp³-hybridized carbons (Fsp3) is 0.200. The van der Waals surface area contributed by atoms with Crippen LogP contribution >= 0.6 is 23.4 Å². The lowest BCUT2D eigenvalue weighted by atomic mass is 10.1. The third-order valence-corrected chi connectivity index (χ3v) is 4.42. The second kappa shape index (κ2) is 6.94. The Labute approximate surface area is 122 Å². The summed E-state index contributed by atoms with van der Waals surface area (Å²) in [4.78, 5) is 0. The minimum absolute atomic E-state index is 0.103. The molecule has 0 fully saturated rings. The molecule has 1 atom stereocenters. The average Bonchev–Trinajstić information content (AvgIpc) is 2.42. The molecule has 2 rings (SSSR count). The molecule has 0 aliphatic rings. The third-order valence-electron chi connectivity index (χ3n) is 2.80. The molecule has 4 heteroatoms. The SMILES string of the molecule is NCC(SCc1ccc(Cl)cc1)c1cccc(F)c1. The Hall–Kier alpha value is -1.03. The van der Waals surface area contributed by atoms with Crippen LogP contribution in [0, 0.1) is 5.82 Å². The standard InChI is InChI=1S/C15H15ClFNS/c16-13-6-4-11(5-7-13)10-19-15(9-18)12-2-1-3-14(17)8-12/h1-8,15H,9-10,18H2. The molecule has 0 aromatic heterocycles. The molecular weight excluding hydrogens is 281 g/mol. The van der Waals surface area contributed by atoms with E-state index in [1.54, 1.807) is 23.9 Å². The summed E-state index contributed by atoms with van der Waals surface area (Å²) >= 11 is 7.55. The Morgan fingerprint density at radius 1 is 1.16 bits per heavy atom. The predicted molar refractivity (Wildman–Crippen MR) is 80.9 cm³/mol. The van der Waals surface area contributed by atoms with Crippen molar-refractivity contribution in [2.75, 3.05) is 6.54 Å². The van der Waals surface area contributed by atoms with Crippen molar-refractivity contribution in [2.45, 2.75) is 11.0 Å². The lowest BCUT2D eigenvalue weighted by Crippen LogP contribution is -2.09. The molecule has 2 N–H and O–H groups in total. The van der Waals surface area contributed by atoms with Crippen molar-refractivity contribution < 1.29 is 4.39 Å². The van der Waals surface area contributed by atoms with Gasteiger partial charge >= 0.3 is 0 Å².